The Labute approximate surface area is 171 Å². The Morgan fingerprint density at radius 1 is 1.13 bits per heavy atom. The van der Waals surface area contributed by atoms with E-state index in [4.69, 9.17) is 19.0 Å². The van der Waals surface area contributed by atoms with Crippen molar-refractivity contribution in [3.05, 3.63) is 60.4 Å². The van der Waals surface area contributed by atoms with Crippen molar-refractivity contribution in [2.24, 2.45) is 0 Å². The molecule has 0 amide bonds. The highest BCUT2D eigenvalue weighted by atomic mass is 19.4. The molecule has 1 atom stereocenters. The predicted octanol–water partition coefficient (Wildman–Crippen LogP) is 4.26. The number of alkyl halides is 3. The van der Waals surface area contributed by atoms with Crippen LogP contribution in [-0.2, 0) is 20.5 Å². The first-order chi connectivity index (χ1) is 14.1. The maximum Gasteiger partial charge on any atom is 0.417 e. The fraction of sp³-hybridized carbons (Fsp3) is 0.300. The normalized spacial score (nSPS) is 12.0. The molecule has 0 fully saturated rings. The van der Waals surface area contributed by atoms with Gasteiger partial charge < -0.3 is 14.2 Å². The summed E-state index contributed by atoms with van der Waals surface area (Å²) in [5.74, 6) is 0.166. The largest absolute Gasteiger partial charge is 0.479 e. The van der Waals surface area contributed by atoms with Crippen LogP contribution in [0.2, 0.25) is 0 Å². The highest BCUT2D eigenvalue weighted by Crippen LogP contribution is 2.30. The number of hydrogen-bond acceptors (Lipinski definition) is 7. The maximum absolute atomic E-state index is 12.5. The Balaban J connectivity index is 1.81. The van der Waals surface area contributed by atoms with E-state index in [-0.39, 0.29) is 19.1 Å². The van der Waals surface area contributed by atoms with Gasteiger partial charge in [0.15, 0.2) is 6.10 Å². The molecule has 1 unspecified atom stereocenters. The number of pyridine rings is 1. The van der Waals surface area contributed by atoms with Crippen molar-refractivity contribution in [2.75, 3.05) is 13.2 Å². The molecule has 0 aliphatic heterocycles. The van der Waals surface area contributed by atoms with Crippen LogP contribution in [0.4, 0.5) is 13.2 Å². The monoisotopic (exact) mass is 426 g/mol. The van der Waals surface area contributed by atoms with E-state index in [1.165, 1.54) is 19.1 Å². The van der Waals surface area contributed by atoms with Crippen molar-refractivity contribution in [3.8, 4) is 17.4 Å². The Kier molecular flexibility index (Phi) is 8.05. The lowest BCUT2D eigenvalue weighted by molar-refractivity contribution is -0.153. The van der Waals surface area contributed by atoms with Gasteiger partial charge in [0, 0.05) is 18.0 Å². The van der Waals surface area contributed by atoms with Gasteiger partial charge in [0.2, 0.25) is 5.88 Å². The topological polar surface area (TPSA) is 78.9 Å². The van der Waals surface area contributed by atoms with Gasteiger partial charge in [-0.15, -0.1) is 0 Å². The van der Waals surface area contributed by atoms with Gasteiger partial charge in [0.25, 0.3) is 0 Å². The number of nitrogens with one attached hydrogen (secondary N) is 1. The predicted molar refractivity (Wildman–Crippen MR) is 101 cm³/mol. The van der Waals surface area contributed by atoms with Gasteiger partial charge in [-0.1, -0.05) is 6.58 Å². The number of aromatic nitrogens is 1. The van der Waals surface area contributed by atoms with Crippen LogP contribution in [0.3, 0.4) is 0 Å². The summed E-state index contributed by atoms with van der Waals surface area (Å²) in [6, 6.07) is 8.16. The molecular weight excluding hydrogens is 405 g/mol. The van der Waals surface area contributed by atoms with Crippen LogP contribution in [-0.4, -0.2) is 30.3 Å². The van der Waals surface area contributed by atoms with Crippen molar-refractivity contribution in [2.45, 2.75) is 26.1 Å². The third-order valence-electron chi connectivity index (χ3n) is 3.43. The summed E-state index contributed by atoms with van der Waals surface area (Å²) in [6.07, 6.45) is -4.63. The van der Waals surface area contributed by atoms with Gasteiger partial charge in [-0.2, -0.15) is 13.2 Å². The quantitative estimate of drug-likeness (QED) is 0.346. The van der Waals surface area contributed by atoms with Gasteiger partial charge in [0.05, 0.1) is 5.56 Å². The molecule has 10 heteroatoms. The molecule has 7 nitrogen and oxygen atoms in total. The molecule has 0 saturated carbocycles. The summed E-state index contributed by atoms with van der Waals surface area (Å²) < 4.78 is 53.5. The van der Waals surface area contributed by atoms with E-state index < -0.39 is 23.8 Å². The molecule has 0 aliphatic rings. The minimum Gasteiger partial charge on any atom is -0.479 e. The first kappa shape index (κ1) is 23.0. The van der Waals surface area contributed by atoms with E-state index >= 15 is 0 Å². The molecule has 1 heterocycles. The SMILES string of the molecule is C=C(C)NOCCOC(=O)C(C)Oc1ccc(Oc2ccc(C(F)(F)F)cn2)cc1. The van der Waals surface area contributed by atoms with Gasteiger partial charge in [-0.05, 0) is 44.2 Å². The lowest BCUT2D eigenvalue weighted by Crippen LogP contribution is -2.28. The second-order valence-corrected chi connectivity index (χ2v) is 6.11. The standard InChI is InChI=1S/C20H21F3N2O5/c1-13(2)25-28-11-10-27-19(26)14(3)29-16-5-7-17(8-6-16)30-18-9-4-15(12-24-18)20(21,22)23/h4-9,12,14,25H,1,10-11H2,2-3H3. The fourth-order valence-electron chi connectivity index (χ4n) is 2.04. The Morgan fingerprint density at radius 2 is 1.80 bits per heavy atom. The molecule has 0 radical (unpaired) electrons. The molecule has 0 spiro atoms. The molecule has 1 N–H and O–H groups in total. The molecule has 2 aromatic rings. The molecular formula is C20H21F3N2O5. The average molecular weight is 426 g/mol. The number of ether oxygens (including phenoxy) is 3. The Morgan fingerprint density at radius 3 is 2.37 bits per heavy atom. The third kappa shape index (κ3) is 7.63. The maximum atomic E-state index is 12.5. The average Bonchev–Trinajstić information content (AvgIpc) is 2.68. The molecule has 0 bridgehead atoms. The lowest BCUT2D eigenvalue weighted by Gasteiger charge is -2.14. The van der Waals surface area contributed by atoms with Crippen molar-refractivity contribution < 1.29 is 37.0 Å². The lowest BCUT2D eigenvalue weighted by atomic mass is 10.3. The highest BCUT2D eigenvalue weighted by Gasteiger charge is 2.30. The zero-order valence-corrected chi connectivity index (χ0v) is 16.4. The number of benzene rings is 1. The van der Waals surface area contributed by atoms with E-state index in [1.807, 2.05) is 0 Å². The first-order valence-corrected chi connectivity index (χ1v) is 8.83. The van der Waals surface area contributed by atoms with Crippen molar-refractivity contribution in [1.82, 2.24) is 10.5 Å². The van der Waals surface area contributed by atoms with Crippen molar-refractivity contribution in [3.63, 3.8) is 0 Å². The molecule has 0 saturated heterocycles. The molecule has 30 heavy (non-hydrogen) atoms. The summed E-state index contributed by atoms with van der Waals surface area (Å²) in [5, 5.41) is 0. The van der Waals surface area contributed by atoms with Crippen LogP contribution >= 0.6 is 0 Å². The molecule has 1 aromatic carbocycles. The zero-order valence-electron chi connectivity index (χ0n) is 16.4. The summed E-state index contributed by atoms with van der Waals surface area (Å²) in [6.45, 7) is 7.03. The third-order valence-corrected chi connectivity index (χ3v) is 3.43. The zero-order chi connectivity index (χ0) is 22.1. The number of halogens is 3. The summed E-state index contributed by atoms with van der Waals surface area (Å²) in [5.41, 5.74) is 2.30. The van der Waals surface area contributed by atoms with Gasteiger partial charge >= 0.3 is 12.1 Å². The van der Waals surface area contributed by atoms with Crippen LogP contribution in [0.15, 0.2) is 54.9 Å². The molecule has 0 aliphatic carbocycles. The minimum absolute atomic E-state index is 0.0111. The number of nitrogens with zero attached hydrogens (tertiary/aromatic N) is 1. The van der Waals surface area contributed by atoms with Gasteiger partial charge in [-0.3, -0.25) is 10.3 Å². The van der Waals surface area contributed by atoms with E-state index in [2.05, 4.69) is 17.0 Å². The van der Waals surface area contributed by atoms with Crippen LogP contribution in [0.25, 0.3) is 0 Å². The minimum atomic E-state index is -4.46. The van der Waals surface area contributed by atoms with Crippen LogP contribution in [0, 0.1) is 0 Å². The number of esters is 1. The molecule has 2 rings (SSSR count). The number of allylic oxidation sites excluding steroid dienone is 1. The Hall–Kier alpha value is -3.27. The van der Waals surface area contributed by atoms with Crippen molar-refractivity contribution in [1.29, 1.82) is 0 Å². The van der Waals surface area contributed by atoms with Gasteiger partial charge in [-0.25, -0.2) is 9.78 Å². The van der Waals surface area contributed by atoms with Crippen LogP contribution in [0.5, 0.6) is 17.4 Å². The highest BCUT2D eigenvalue weighted by molar-refractivity contribution is 5.74. The molecule has 162 valence electrons. The summed E-state index contributed by atoms with van der Waals surface area (Å²) in [7, 11) is 0. The number of carbonyl (C=O) groups excluding carboxylic acids is 1. The van der Waals surface area contributed by atoms with E-state index in [0.29, 0.717) is 23.4 Å². The second-order valence-electron chi connectivity index (χ2n) is 6.11. The number of carbonyl (C=O) groups is 1. The molecule has 1 aromatic heterocycles. The summed E-state index contributed by atoms with van der Waals surface area (Å²) in [4.78, 5) is 20.5. The van der Waals surface area contributed by atoms with E-state index in [0.717, 1.165) is 12.1 Å². The second kappa shape index (κ2) is 10.5. The van der Waals surface area contributed by atoms with Gasteiger partial charge in [0.1, 0.15) is 24.7 Å². The number of hydroxylamine groups is 1. The van der Waals surface area contributed by atoms with E-state index in [9.17, 15) is 18.0 Å². The smallest absolute Gasteiger partial charge is 0.417 e. The number of hydrogen-bond donors (Lipinski definition) is 1. The fourth-order valence-corrected chi connectivity index (χ4v) is 2.04. The van der Waals surface area contributed by atoms with Crippen molar-refractivity contribution >= 4 is 5.97 Å². The van der Waals surface area contributed by atoms with Crippen LogP contribution in [0.1, 0.15) is 19.4 Å². The van der Waals surface area contributed by atoms with E-state index in [1.54, 1.807) is 19.1 Å². The first-order valence-electron chi connectivity index (χ1n) is 8.83. The van der Waals surface area contributed by atoms with Crippen LogP contribution < -0.4 is 15.0 Å². The summed E-state index contributed by atoms with van der Waals surface area (Å²) >= 11 is 0. The number of rotatable bonds is 10. The Bertz CT molecular complexity index is 839.